The first kappa shape index (κ1) is 33.0. The number of para-hydroxylation sites is 4. The summed E-state index contributed by atoms with van der Waals surface area (Å²) in [4.78, 5) is 0. The Kier molecular flexibility index (Phi) is 7.38. The molecule has 0 saturated carbocycles. The van der Waals surface area contributed by atoms with Gasteiger partial charge in [0.1, 0.15) is 11.2 Å². The minimum absolute atomic E-state index is 0.916. The number of furan rings is 1. The zero-order chi connectivity index (χ0) is 38.2. The van der Waals surface area contributed by atoms with E-state index in [1.54, 1.807) is 0 Å². The molecule has 0 N–H and O–H groups in total. The standard InChI is InChI=1S/C54H38N2OSi/c1-4-17-37(18-5-1)56-49-28-14-10-23-42(49)45-26-16-30-53(54(45)56)58(39-19-6-2-7-20-39,40-21-8-3-9-22-40)41-33-31-38(32-34-41)55-48-27-13-11-24-43(48)46-36-52-47(35-50(46)55)44-25-12-15-29-51(44)57-52/h1-4,6-17,19-36H,5,18H2. The summed E-state index contributed by atoms with van der Waals surface area (Å²) in [7, 11) is -2.98. The zero-order valence-corrected chi connectivity index (χ0v) is 32.8. The van der Waals surface area contributed by atoms with Gasteiger partial charge < -0.3 is 13.6 Å². The fraction of sp³-hybridized carbons (Fsp3) is 0.0370. The molecule has 0 bridgehead atoms. The molecule has 1 aliphatic rings. The predicted octanol–water partition coefficient (Wildman–Crippen LogP) is 11.4. The van der Waals surface area contributed by atoms with E-state index in [1.807, 2.05) is 6.07 Å². The molecule has 3 aromatic heterocycles. The highest BCUT2D eigenvalue weighted by Gasteiger charge is 2.43. The van der Waals surface area contributed by atoms with Crippen molar-refractivity contribution in [3.8, 4) is 5.69 Å². The topological polar surface area (TPSA) is 23.0 Å². The minimum Gasteiger partial charge on any atom is -0.456 e. The largest absolute Gasteiger partial charge is 0.456 e. The molecule has 3 heterocycles. The predicted molar refractivity (Wildman–Crippen MR) is 247 cm³/mol. The van der Waals surface area contributed by atoms with Gasteiger partial charge in [-0.1, -0.05) is 158 Å². The molecule has 0 saturated heterocycles. The molecule has 4 heteroatoms. The van der Waals surface area contributed by atoms with Crippen LogP contribution in [0.4, 0.5) is 0 Å². The van der Waals surface area contributed by atoms with Crippen molar-refractivity contribution in [2.75, 3.05) is 0 Å². The Morgan fingerprint density at radius 1 is 0.431 bits per heavy atom. The van der Waals surface area contributed by atoms with Crippen LogP contribution in [0.25, 0.3) is 76.9 Å². The van der Waals surface area contributed by atoms with Gasteiger partial charge in [-0.25, -0.2) is 0 Å². The first-order valence-corrected chi connectivity index (χ1v) is 22.2. The van der Waals surface area contributed by atoms with Crippen molar-refractivity contribution in [3.63, 3.8) is 0 Å². The van der Waals surface area contributed by atoms with Crippen molar-refractivity contribution < 1.29 is 4.42 Å². The molecule has 0 aliphatic heterocycles. The maximum absolute atomic E-state index is 6.39. The highest BCUT2D eigenvalue weighted by molar-refractivity contribution is 7.20. The Hall–Kier alpha value is -7.14. The van der Waals surface area contributed by atoms with Crippen LogP contribution in [-0.4, -0.2) is 17.2 Å². The fourth-order valence-electron chi connectivity index (χ4n) is 10.1. The summed E-state index contributed by atoms with van der Waals surface area (Å²) >= 11 is 0. The molecule has 0 amide bonds. The lowest BCUT2D eigenvalue weighted by Gasteiger charge is -2.35. The van der Waals surface area contributed by atoms with Gasteiger partial charge in [-0.15, -0.1) is 0 Å². The summed E-state index contributed by atoms with van der Waals surface area (Å²) in [5, 5.41) is 12.7. The SMILES string of the molecule is C1=CCCC(n2c3ccccc3c3cccc([Si](c4ccccc4)(c4ccccc4)c4ccc(-n5c6ccccc6c6cc7oc8ccccc8c7cc65)cc4)c32)=C1. The van der Waals surface area contributed by atoms with Crippen LogP contribution >= 0.6 is 0 Å². The van der Waals surface area contributed by atoms with Crippen LogP contribution in [0.15, 0.2) is 211 Å². The normalized spacial score (nSPS) is 13.4. The second-order valence-electron chi connectivity index (χ2n) is 15.5. The summed E-state index contributed by atoms with van der Waals surface area (Å²) in [5.74, 6) is 0. The zero-order valence-electron chi connectivity index (χ0n) is 31.8. The van der Waals surface area contributed by atoms with Gasteiger partial charge in [0.2, 0.25) is 0 Å². The molecule has 0 spiro atoms. The first-order chi connectivity index (χ1) is 28.8. The summed E-state index contributed by atoms with van der Waals surface area (Å²) < 4.78 is 11.4. The van der Waals surface area contributed by atoms with Gasteiger partial charge in [-0.3, -0.25) is 0 Å². The highest BCUT2D eigenvalue weighted by atomic mass is 28.3. The molecule has 0 atom stereocenters. The Balaban J connectivity index is 1.16. The number of rotatable bonds is 6. The Bertz CT molecular complexity index is 3400. The monoisotopic (exact) mass is 758 g/mol. The second-order valence-corrected chi connectivity index (χ2v) is 19.3. The lowest BCUT2D eigenvalue weighted by molar-refractivity contribution is 0.669. The minimum atomic E-state index is -2.98. The smallest absolute Gasteiger partial charge is 0.181 e. The van der Waals surface area contributed by atoms with Crippen molar-refractivity contribution in [3.05, 3.63) is 206 Å². The molecule has 3 nitrogen and oxygen atoms in total. The average molecular weight is 759 g/mol. The molecule has 0 unspecified atom stereocenters. The number of aromatic nitrogens is 2. The third-order valence-corrected chi connectivity index (χ3v) is 17.3. The number of benzene rings is 8. The summed E-state index contributed by atoms with van der Waals surface area (Å²) in [6, 6.07) is 69.9. The fourth-order valence-corrected chi connectivity index (χ4v) is 15.0. The molecule has 58 heavy (non-hydrogen) atoms. The Morgan fingerprint density at radius 3 is 1.74 bits per heavy atom. The first-order valence-electron chi connectivity index (χ1n) is 20.2. The second kappa shape index (κ2) is 13.0. The van der Waals surface area contributed by atoms with Crippen LogP contribution in [0.5, 0.6) is 0 Å². The van der Waals surface area contributed by atoms with Gasteiger partial charge in [0.25, 0.3) is 0 Å². The molecular weight excluding hydrogens is 721 g/mol. The number of allylic oxidation sites excluding steroid dienone is 4. The van der Waals surface area contributed by atoms with Crippen LogP contribution in [0.2, 0.25) is 0 Å². The van der Waals surface area contributed by atoms with Crippen LogP contribution in [0.1, 0.15) is 12.8 Å². The summed E-state index contributed by atoms with van der Waals surface area (Å²) in [6.07, 6.45) is 8.87. The number of hydrogen-bond acceptors (Lipinski definition) is 1. The lowest BCUT2D eigenvalue weighted by atomic mass is 10.1. The van der Waals surface area contributed by atoms with Gasteiger partial charge in [-0.2, -0.15) is 0 Å². The summed E-state index contributed by atoms with van der Waals surface area (Å²) in [6.45, 7) is 0. The van der Waals surface area contributed by atoms with E-state index in [4.69, 9.17) is 4.42 Å². The number of hydrogen-bond donors (Lipinski definition) is 0. The van der Waals surface area contributed by atoms with E-state index in [2.05, 4.69) is 209 Å². The number of fused-ring (bicyclic) bond motifs is 9. The van der Waals surface area contributed by atoms with Gasteiger partial charge in [0, 0.05) is 43.7 Å². The van der Waals surface area contributed by atoms with Crippen LogP contribution in [0.3, 0.4) is 0 Å². The Labute approximate surface area is 337 Å². The molecule has 1 aliphatic carbocycles. The maximum Gasteiger partial charge on any atom is 0.181 e. The van der Waals surface area contributed by atoms with Crippen LogP contribution in [-0.2, 0) is 0 Å². The van der Waals surface area contributed by atoms with Gasteiger partial charge in [-0.05, 0) is 82.1 Å². The highest BCUT2D eigenvalue weighted by Crippen LogP contribution is 2.39. The molecule has 8 aromatic carbocycles. The van der Waals surface area contributed by atoms with E-state index < -0.39 is 8.07 Å². The maximum atomic E-state index is 6.39. The van der Waals surface area contributed by atoms with Crippen molar-refractivity contribution >= 4 is 100 Å². The van der Waals surface area contributed by atoms with E-state index >= 15 is 0 Å². The van der Waals surface area contributed by atoms with E-state index in [9.17, 15) is 0 Å². The van der Waals surface area contributed by atoms with E-state index in [0.29, 0.717) is 0 Å². The third kappa shape index (κ3) is 4.73. The van der Waals surface area contributed by atoms with Gasteiger partial charge in [0.15, 0.2) is 8.07 Å². The average Bonchev–Trinajstić information content (AvgIpc) is 3.95. The van der Waals surface area contributed by atoms with Crippen LogP contribution < -0.4 is 20.7 Å². The van der Waals surface area contributed by atoms with Crippen molar-refractivity contribution in [1.29, 1.82) is 0 Å². The van der Waals surface area contributed by atoms with E-state index in [0.717, 1.165) is 40.5 Å². The molecule has 11 aromatic rings. The quantitative estimate of drug-likeness (QED) is 0.122. The lowest BCUT2D eigenvalue weighted by Crippen LogP contribution is -2.75. The van der Waals surface area contributed by atoms with Crippen molar-refractivity contribution in [2.45, 2.75) is 12.8 Å². The molecule has 0 radical (unpaired) electrons. The Morgan fingerprint density at radius 2 is 1.03 bits per heavy atom. The third-order valence-electron chi connectivity index (χ3n) is 12.5. The van der Waals surface area contributed by atoms with Gasteiger partial charge in [0.05, 0.1) is 22.1 Å². The van der Waals surface area contributed by atoms with E-state index in [-0.39, 0.29) is 0 Å². The van der Waals surface area contributed by atoms with E-state index in [1.165, 1.54) is 70.1 Å². The van der Waals surface area contributed by atoms with Crippen molar-refractivity contribution in [2.24, 2.45) is 0 Å². The summed E-state index contributed by atoms with van der Waals surface area (Å²) in [5.41, 5.74) is 9.24. The van der Waals surface area contributed by atoms with Crippen molar-refractivity contribution in [1.82, 2.24) is 9.13 Å². The van der Waals surface area contributed by atoms with Gasteiger partial charge >= 0.3 is 0 Å². The number of nitrogens with zero attached hydrogens (tertiary/aromatic N) is 2. The molecule has 12 rings (SSSR count). The molecule has 274 valence electrons. The molecule has 0 fully saturated rings. The molecular formula is C54H38N2OSi. The van der Waals surface area contributed by atoms with Crippen LogP contribution in [0, 0.1) is 0 Å².